The predicted octanol–water partition coefficient (Wildman–Crippen LogP) is 5.15. The molecule has 0 radical (unpaired) electrons. The van der Waals surface area contributed by atoms with Crippen molar-refractivity contribution in [3.63, 3.8) is 0 Å². The van der Waals surface area contributed by atoms with E-state index in [1.54, 1.807) is 0 Å². The Hall–Kier alpha value is -3.12. The second-order valence-corrected chi connectivity index (χ2v) is 6.79. The minimum absolute atomic E-state index is 1.08. The maximum absolute atomic E-state index is 4.34. The molecule has 0 atom stereocenters. The van der Waals surface area contributed by atoms with E-state index in [1.807, 2.05) is 0 Å². The standard InChI is InChI=1S/C24H14/c1-13-3-5-15-7-9-17-11-12-18-10-8-16-6-4-14(2)20-19(13)21(15)23(17)24(18)22(16)20/h3-12H,1-2H2. The molecule has 0 bridgehead atoms. The van der Waals surface area contributed by atoms with Crippen LogP contribution in [0.4, 0.5) is 0 Å². The number of fused-ring (bicyclic) bond motifs is 1. The van der Waals surface area contributed by atoms with E-state index in [-0.39, 0.29) is 0 Å². The Morgan fingerprint density at radius 3 is 0.917 bits per heavy atom. The van der Waals surface area contributed by atoms with E-state index in [0.717, 1.165) is 10.4 Å². The van der Waals surface area contributed by atoms with Gasteiger partial charge in [0.1, 0.15) is 0 Å². The highest BCUT2D eigenvalue weighted by Crippen LogP contribution is 2.42. The summed E-state index contributed by atoms with van der Waals surface area (Å²) < 4.78 is 0. The van der Waals surface area contributed by atoms with Gasteiger partial charge in [-0.25, -0.2) is 0 Å². The van der Waals surface area contributed by atoms with Crippen molar-refractivity contribution >= 4 is 67.0 Å². The molecule has 24 heavy (non-hydrogen) atoms. The molecule has 0 heteroatoms. The van der Waals surface area contributed by atoms with Gasteiger partial charge in [-0.15, -0.1) is 0 Å². The van der Waals surface area contributed by atoms with Gasteiger partial charge in [-0.2, -0.15) is 0 Å². The van der Waals surface area contributed by atoms with E-state index in [0.29, 0.717) is 0 Å². The monoisotopic (exact) mass is 302 g/mol. The van der Waals surface area contributed by atoms with E-state index in [9.17, 15) is 0 Å². The van der Waals surface area contributed by atoms with Crippen LogP contribution in [0.1, 0.15) is 0 Å². The summed E-state index contributed by atoms with van der Waals surface area (Å²) in [6, 6.07) is 22.1. The molecule has 0 aliphatic carbocycles. The molecule has 0 nitrogen and oxygen atoms in total. The summed E-state index contributed by atoms with van der Waals surface area (Å²) in [5.74, 6) is 0. The Morgan fingerprint density at radius 2 is 0.583 bits per heavy atom. The molecule has 6 aromatic carbocycles. The lowest BCUT2D eigenvalue weighted by molar-refractivity contribution is 1.72. The first-order valence-electron chi connectivity index (χ1n) is 8.26. The molecule has 0 saturated heterocycles. The summed E-state index contributed by atoms with van der Waals surface area (Å²) in [5, 5.41) is 15.3. The van der Waals surface area contributed by atoms with Gasteiger partial charge in [0.2, 0.25) is 0 Å². The van der Waals surface area contributed by atoms with Crippen molar-refractivity contribution in [2.45, 2.75) is 0 Å². The van der Waals surface area contributed by atoms with Gasteiger partial charge >= 0.3 is 0 Å². The number of benzene rings is 6. The fraction of sp³-hybridized carbons (Fsp3) is 0. The molecule has 110 valence electrons. The van der Waals surface area contributed by atoms with E-state index in [2.05, 4.69) is 73.8 Å². The minimum atomic E-state index is 1.08. The lowest BCUT2D eigenvalue weighted by atomic mass is 9.85. The average Bonchev–Trinajstić information content (AvgIpc) is 2.61. The summed E-state index contributed by atoms with van der Waals surface area (Å²) in [4.78, 5) is 0. The van der Waals surface area contributed by atoms with E-state index >= 15 is 0 Å². The Morgan fingerprint density at radius 1 is 0.333 bits per heavy atom. The van der Waals surface area contributed by atoms with Crippen molar-refractivity contribution in [1.82, 2.24) is 0 Å². The Balaban J connectivity index is 2.27. The third-order valence-corrected chi connectivity index (χ3v) is 5.55. The molecule has 6 aromatic rings. The van der Waals surface area contributed by atoms with Crippen LogP contribution in [0.15, 0.2) is 60.7 Å². The van der Waals surface area contributed by atoms with Crippen LogP contribution in [0.25, 0.3) is 67.0 Å². The van der Waals surface area contributed by atoms with Crippen LogP contribution in [0.3, 0.4) is 0 Å². The molecule has 0 unspecified atom stereocenters. The van der Waals surface area contributed by atoms with Crippen LogP contribution >= 0.6 is 0 Å². The SMILES string of the molecule is C=c1ccc2ccc3ccc4ccc5ccc(=C)c6c1c2c3c4c56. The highest BCUT2D eigenvalue weighted by molar-refractivity contribution is 6.39. The fourth-order valence-electron chi connectivity index (χ4n) is 4.52. The lowest BCUT2D eigenvalue weighted by Gasteiger charge is -2.18. The maximum atomic E-state index is 4.34. The summed E-state index contributed by atoms with van der Waals surface area (Å²) in [7, 11) is 0. The Bertz CT molecular complexity index is 1390. The summed E-state index contributed by atoms with van der Waals surface area (Å²) in [5.41, 5.74) is 0. The molecular weight excluding hydrogens is 288 g/mol. The molecule has 0 aromatic heterocycles. The van der Waals surface area contributed by atoms with Gasteiger partial charge in [-0.1, -0.05) is 73.8 Å². The highest BCUT2D eigenvalue weighted by Gasteiger charge is 2.17. The van der Waals surface area contributed by atoms with Crippen molar-refractivity contribution in [1.29, 1.82) is 0 Å². The van der Waals surface area contributed by atoms with Crippen LogP contribution in [0.2, 0.25) is 0 Å². The first-order chi connectivity index (χ1) is 11.7. The van der Waals surface area contributed by atoms with Crippen molar-refractivity contribution in [3.05, 3.63) is 71.1 Å². The van der Waals surface area contributed by atoms with E-state index in [4.69, 9.17) is 0 Å². The molecule has 0 aliphatic heterocycles. The second kappa shape index (κ2) is 3.85. The molecule has 0 aliphatic rings. The summed E-state index contributed by atoms with van der Waals surface area (Å²) in [6.45, 7) is 8.68. The van der Waals surface area contributed by atoms with E-state index in [1.165, 1.54) is 53.9 Å². The summed E-state index contributed by atoms with van der Waals surface area (Å²) in [6.07, 6.45) is 0. The Labute approximate surface area is 138 Å². The smallest absolute Gasteiger partial charge is 0.00139 e. The zero-order valence-corrected chi connectivity index (χ0v) is 13.2. The normalized spacial score (nSPS) is 12.5. The predicted molar refractivity (Wildman–Crippen MR) is 107 cm³/mol. The fourth-order valence-corrected chi connectivity index (χ4v) is 4.52. The van der Waals surface area contributed by atoms with Crippen LogP contribution < -0.4 is 10.4 Å². The molecule has 0 saturated carbocycles. The van der Waals surface area contributed by atoms with Gasteiger partial charge in [-0.05, 0) is 64.3 Å². The van der Waals surface area contributed by atoms with Crippen molar-refractivity contribution in [3.8, 4) is 0 Å². The van der Waals surface area contributed by atoms with Crippen molar-refractivity contribution < 1.29 is 0 Å². The van der Waals surface area contributed by atoms with Gasteiger partial charge in [0.25, 0.3) is 0 Å². The molecule has 6 rings (SSSR count). The molecule has 0 N–H and O–H groups in total. The summed E-state index contributed by atoms with van der Waals surface area (Å²) >= 11 is 0. The number of hydrogen-bond donors (Lipinski definition) is 0. The largest absolute Gasteiger partial charge is 0.0911 e. The average molecular weight is 302 g/mol. The van der Waals surface area contributed by atoms with Crippen LogP contribution in [-0.2, 0) is 0 Å². The molecule has 0 heterocycles. The van der Waals surface area contributed by atoms with Gasteiger partial charge in [0.05, 0.1) is 0 Å². The third-order valence-electron chi connectivity index (χ3n) is 5.55. The highest BCUT2D eigenvalue weighted by atomic mass is 14.2. The first kappa shape index (κ1) is 12.3. The number of rotatable bonds is 0. The lowest BCUT2D eigenvalue weighted by Crippen LogP contribution is -2.08. The van der Waals surface area contributed by atoms with Crippen molar-refractivity contribution in [2.24, 2.45) is 0 Å². The minimum Gasteiger partial charge on any atom is -0.0911 e. The van der Waals surface area contributed by atoms with Crippen LogP contribution in [-0.4, -0.2) is 0 Å². The van der Waals surface area contributed by atoms with Gasteiger partial charge in [0.15, 0.2) is 0 Å². The third kappa shape index (κ3) is 1.24. The first-order valence-corrected chi connectivity index (χ1v) is 8.26. The molecule has 0 fully saturated rings. The molecule has 0 amide bonds. The Kier molecular flexibility index (Phi) is 1.98. The number of hydrogen-bond acceptors (Lipinski definition) is 0. The second-order valence-electron chi connectivity index (χ2n) is 6.79. The topological polar surface area (TPSA) is 0 Å². The van der Waals surface area contributed by atoms with Gasteiger partial charge in [0, 0.05) is 0 Å². The van der Waals surface area contributed by atoms with Gasteiger partial charge in [-0.3, -0.25) is 0 Å². The maximum Gasteiger partial charge on any atom is -0.00139 e. The van der Waals surface area contributed by atoms with Gasteiger partial charge < -0.3 is 0 Å². The molecular formula is C24H14. The zero-order valence-electron chi connectivity index (χ0n) is 13.2. The quantitative estimate of drug-likeness (QED) is 0.269. The van der Waals surface area contributed by atoms with Crippen LogP contribution in [0, 0.1) is 0 Å². The van der Waals surface area contributed by atoms with E-state index < -0.39 is 0 Å². The van der Waals surface area contributed by atoms with Crippen LogP contribution in [0.5, 0.6) is 0 Å². The molecule has 0 spiro atoms. The van der Waals surface area contributed by atoms with Crippen molar-refractivity contribution in [2.75, 3.05) is 0 Å². The zero-order chi connectivity index (χ0) is 16.0.